The number of thiocarbonyl (C=S) groups is 1. The molecule has 1 fully saturated rings. The summed E-state index contributed by atoms with van der Waals surface area (Å²) in [4.78, 5) is 15.4. The van der Waals surface area contributed by atoms with E-state index in [2.05, 4.69) is 6.07 Å². The Kier molecular flexibility index (Phi) is 6.44. The topological polar surface area (TPSA) is 71.1 Å². The highest BCUT2D eigenvalue weighted by Gasteiger charge is 2.51. The summed E-state index contributed by atoms with van der Waals surface area (Å²) in [5.41, 5.74) is -3.12. The molecule has 0 saturated carbocycles. The van der Waals surface area contributed by atoms with E-state index in [0.29, 0.717) is 24.9 Å². The van der Waals surface area contributed by atoms with Gasteiger partial charge in [0.05, 0.1) is 23.4 Å². The lowest BCUT2D eigenvalue weighted by Crippen LogP contribution is -2.44. The second-order valence-corrected chi connectivity index (χ2v) is 8.29. The van der Waals surface area contributed by atoms with Crippen molar-refractivity contribution in [1.29, 1.82) is 10.5 Å². The molecule has 2 aromatic rings. The number of aryl methyl sites for hydroxylation is 1. The number of hydrogen-bond donors (Lipinski definition) is 0. The predicted octanol–water partition coefficient (Wildman–Crippen LogP) is 5.48. The van der Waals surface area contributed by atoms with Crippen molar-refractivity contribution in [3.63, 3.8) is 0 Å². The van der Waals surface area contributed by atoms with Crippen molar-refractivity contribution in [3.05, 3.63) is 58.9 Å². The standard InChI is InChI=1S/C23H18F4N4OS/c1-22(2)20(32)30(17-11-8-15(13-29)18(19(17)24)23(25,26)27)21(33)31(22)16-9-6-14(7-10-16)5-3-4-12-28/h6-11H,3-5H2,1-2H3. The van der Waals surface area contributed by atoms with Gasteiger partial charge in [-0.15, -0.1) is 0 Å². The number of alkyl halides is 3. The van der Waals surface area contributed by atoms with Crippen molar-refractivity contribution >= 4 is 34.6 Å². The predicted molar refractivity (Wildman–Crippen MR) is 118 cm³/mol. The average Bonchev–Trinajstić information content (AvgIpc) is 2.92. The Morgan fingerprint density at radius 3 is 2.27 bits per heavy atom. The Balaban J connectivity index is 2.03. The number of nitrogens with zero attached hydrogens (tertiary/aromatic N) is 4. The van der Waals surface area contributed by atoms with E-state index >= 15 is 4.39 Å². The van der Waals surface area contributed by atoms with Gasteiger partial charge in [-0.1, -0.05) is 12.1 Å². The maximum Gasteiger partial charge on any atom is 0.420 e. The molecular weight excluding hydrogens is 456 g/mol. The third kappa shape index (κ3) is 4.27. The number of hydrogen-bond acceptors (Lipinski definition) is 4. The minimum absolute atomic E-state index is 0.182. The Morgan fingerprint density at radius 2 is 1.73 bits per heavy atom. The Morgan fingerprint density at radius 1 is 1.09 bits per heavy atom. The van der Waals surface area contributed by atoms with E-state index < -0.39 is 40.3 Å². The summed E-state index contributed by atoms with van der Waals surface area (Å²) in [6.07, 6.45) is -3.34. The third-order valence-electron chi connectivity index (χ3n) is 5.38. The molecule has 0 atom stereocenters. The smallest absolute Gasteiger partial charge is 0.304 e. The minimum Gasteiger partial charge on any atom is -0.304 e. The highest BCUT2D eigenvalue weighted by molar-refractivity contribution is 7.81. The van der Waals surface area contributed by atoms with Crippen LogP contribution in [0.5, 0.6) is 0 Å². The molecule has 0 aliphatic carbocycles. The molecule has 0 bridgehead atoms. The van der Waals surface area contributed by atoms with Crippen molar-refractivity contribution in [2.24, 2.45) is 0 Å². The zero-order chi connectivity index (χ0) is 24.6. The van der Waals surface area contributed by atoms with Crippen LogP contribution in [-0.2, 0) is 17.4 Å². The first-order valence-electron chi connectivity index (χ1n) is 9.89. The molecule has 170 valence electrons. The molecule has 3 rings (SSSR count). The molecule has 0 spiro atoms. The van der Waals surface area contributed by atoms with Crippen LogP contribution in [0, 0.1) is 28.5 Å². The van der Waals surface area contributed by atoms with Crippen molar-refractivity contribution < 1.29 is 22.4 Å². The molecule has 1 amide bonds. The number of rotatable bonds is 5. The molecule has 10 heteroatoms. The Labute approximate surface area is 193 Å². The van der Waals surface area contributed by atoms with E-state index in [4.69, 9.17) is 22.7 Å². The minimum atomic E-state index is -5.13. The third-order valence-corrected chi connectivity index (χ3v) is 5.75. The molecule has 0 aromatic heterocycles. The summed E-state index contributed by atoms with van der Waals surface area (Å²) in [7, 11) is 0. The van der Waals surface area contributed by atoms with Crippen LogP contribution < -0.4 is 9.80 Å². The van der Waals surface area contributed by atoms with E-state index in [1.807, 2.05) is 12.1 Å². The average molecular weight is 474 g/mol. The van der Waals surface area contributed by atoms with Crippen molar-refractivity contribution in [3.8, 4) is 12.1 Å². The molecule has 1 aliphatic rings. The summed E-state index contributed by atoms with van der Waals surface area (Å²) < 4.78 is 55.4. The Bertz CT molecular complexity index is 1190. The molecular formula is C23H18F4N4OS. The summed E-state index contributed by atoms with van der Waals surface area (Å²) in [6, 6.07) is 12.2. The number of halogens is 4. The normalized spacial score (nSPS) is 15.5. The zero-order valence-electron chi connectivity index (χ0n) is 17.7. The molecule has 33 heavy (non-hydrogen) atoms. The van der Waals surface area contributed by atoms with Crippen LogP contribution in [0.3, 0.4) is 0 Å². The van der Waals surface area contributed by atoms with Gasteiger partial charge in [0.25, 0.3) is 5.91 Å². The first kappa shape index (κ1) is 24.1. The van der Waals surface area contributed by atoms with Gasteiger partial charge in [0.1, 0.15) is 11.1 Å². The number of amides is 1. The molecule has 0 unspecified atom stereocenters. The second kappa shape index (κ2) is 8.80. The number of nitriles is 2. The monoisotopic (exact) mass is 474 g/mol. The molecule has 1 aliphatic heterocycles. The first-order valence-corrected chi connectivity index (χ1v) is 10.3. The van der Waals surface area contributed by atoms with Crippen LogP contribution >= 0.6 is 12.2 Å². The van der Waals surface area contributed by atoms with E-state index in [1.54, 1.807) is 12.1 Å². The lowest BCUT2D eigenvalue weighted by Gasteiger charge is -2.29. The van der Waals surface area contributed by atoms with Crippen molar-refractivity contribution in [2.75, 3.05) is 9.80 Å². The quantitative estimate of drug-likeness (QED) is 0.326. The largest absolute Gasteiger partial charge is 0.420 e. The van der Waals surface area contributed by atoms with Gasteiger partial charge in [-0.25, -0.2) is 4.39 Å². The van der Waals surface area contributed by atoms with Crippen molar-refractivity contribution in [1.82, 2.24) is 0 Å². The fourth-order valence-corrected chi connectivity index (χ4v) is 4.25. The Hall–Kier alpha value is -3.50. The number of unbranched alkanes of at least 4 members (excludes halogenated alkanes) is 1. The van der Waals surface area contributed by atoms with Gasteiger partial charge in [-0.3, -0.25) is 9.69 Å². The summed E-state index contributed by atoms with van der Waals surface area (Å²) >= 11 is 5.41. The van der Waals surface area contributed by atoms with E-state index in [0.717, 1.165) is 22.6 Å². The van der Waals surface area contributed by atoms with Gasteiger partial charge in [-0.05, 0) is 68.7 Å². The fraction of sp³-hybridized carbons (Fsp3) is 0.304. The summed E-state index contributed by atoms with van der Waals surface area (Å²) in [6.45, 7) is 3.07. The van der Waals surface area contributed by atoms with Gasteiger partial charge < -0.3 is 4.90 Å². The highest BCUT2D eigenvalue weighted by atomic mass is 32.1. The lowest BCUT2D eigenvalue weighted by atomic mass is 10.0. The molecule has 0 radical (unpaired) electrons. The fourth-order valence-electron chi connectivity index (χ4n) is 3.73. The highest BCUT2D eigenvalue weighted by Crippen LogP contribution is 2.41. The van der Waals surface area contributed by atoms with Crippen LogP contribution in [0.2, 0.25) is 0 Å². The van der Waals surface area contributed by atoms with Gasteiger partial charge in [-0.2, -0.15) is 23.7 Å². The van der Waals surface area contributed by atoms with Gasteiger partial charge >= 0.3 is 6.18 Å². The summed E-state index contributed by atoms with van der Waals surface area (Å²) in [5.74, 6) is -2.44. The van der Waals surface area contributed by atoms with Crippen LogP contribution in [0.15, 0.2) is 36.4 Å². The number of anilines is 2. The summed E-state index contributed by atoms with van der Waals surface area (Å²) in [5, 5.41) is 17.5. The van der Waals surface area contributed by atoms with Crippen LogP contribution in [-0.4, -0.2) is 16.6 Å². The van der Waals surface area contributed by atoms with Gasteiger partial charge in [0.2, 0.25) is 0 Å². The molecule has 0 N–H and O–H groups in total. The first-order chi connectivity index (χ1) is 15.4. The maximum absolute atomic E-state index is 15.0. The van der Waals surface area contributed by atoms with Gasteiger partial charge in [0, 0.05) is 12.1 Å². The number of carbonyl (C=O) groups excluding carboxylic acids is 1. The number of carbonyl (C=O) groups is 1. The van der Waals surface area contributed by atoms with E-state index in [1.165, 1.54) is 24.8 Å². The molecule has 1 heterocycles. The maximum atomic E-state index is 15.0. The second-order valence-electron chi connectivity index (χ2n) is 7.93. The van der Waals surface area contributed by atoms with E-state index in [-0.39, 0.29) is 5.11 Å². The van der Waals surface area contributed by atoms with E-state index in [9.17, 15) is 18.0 Å². The SMILES string of the molecule is CC1(C)C(=O)N(c2ccc(C#N)c(C(F)(F)F)c2F)C(=S)N1c1ccc(CCCC#N)cc1. The van der Waals surface area contributed by atoms with Crippen LogP contribution in [0.1, 0.15) is 43.4 Å². The van der Waals surface area contributed by atoms with Crippen molar-refractivity contribution in [2.45, 2.75) is 44.8 Å². The lowest BCUT2D eigenvalue weighted by molar-refractivity contribution is -0.140. The molecule has 1 saturated heterocycles. The van der Waals surface area contributed by atoms with Gasteiger partial charge in [0.15, 0.2) is 10.9 Å². The molecule has 2 aromatic carbocycles. The van der Waals surface area contributed by atoms with Crippen LogP contribution in [0.4, 0.5) is 28.9 Å². The zero-order valence-corrected chi connectivity index (χ0v) is 18.5. The molecule has 5 nitrogen and oxygen atoms in total. The number of benzene rings is 2. The van der Waals surface area contributed by atoms with Crippen LogP contribution in [0.25, 0.3) is 0 Å².